The fraction of sp³-hybridized carbons (Fsp3) is 0.357. The van der Waals surface area contributed by atoms with Gasteiger partial charge in [-0.25, -0.2) is 15.4 Å². The largest absolute Gasteiger partial charge is 0.379 e. The third-order valence-electron chi connectivity index (χ3n) is 3.22. The molecule has 0 amide bonds. The van der Waals surface area contributed by atoms with Crippen LogP contribution in [-0.2, 0) is 11.3 Å². The van der Waals surface area contributed by atoms with Crippen molar-refractivity contribution < 1.29 is 4.74 Å². The molecule has 4 nitrogen and oxygen atoms in total. The molecule has 1 aromatic carbocycles. The summed E-state index contributed by atoms with van der Waals surface area (Å²) in [5.74, 6) is 0. The van der Waals surface area contributed by atoms with Crippen LogP contribution in [-0.4, -0.2) is 36.3 Å². The molecule has 1 aromatic heterocycles. The third-order valence-corrected chi connectivity index (χ3v) is 4.79. The maximum absolute atomic E-state index is 6.23. The number of nitrogens with zero attached hydrogens (tertiary/aromatic N) is 2. The number of hydrogen-bond donors (Lipinski definition) is 1. The van der Waals surface area contributed by atoms with E-state index in [-0.39, 0.29) is 0 Å². The highest BCUT2D eigenvalue weighted by molar-refractivity contribution is 7.15. The highest BCUT2D eigenvalue weighted by Gasteiger charge is 2.12. The van der Waals surface area contributed by atoms with Gasteiger partial charge in [0.05, 0.1) is 29.7 Å². The SMILES string of the molecule is Clc1ccc(-c2cnc(CNN3CCOCC3)s2)c(Cl)c1. The fourth-order valence-electron chi connectivity index (χ4n) is 2.11. The highest BCUT2D eigenvalue weighted by Crippen LogP contribution is 2.33. The molecule has 7 heteroatoms. The molecule has 1 aliphatic heterocycles. The molecule has 1 fully saturated rings. The molecule has 0 aliphatic carbocycles. The molecule has 112 valence electrons. The lowest BCUT2D eigenvalue weighted by molar-refractivity contribution is 0.0105. The first-order valence-electron chi connectivity index (χ1n) is 6.69. The molecule has 21 heavy (non-hydrogen) atoms. The summed E-state index contributed by atoms with van der Waals surface area (Å²) >= 11 is 13.8. The molecule has 0 atom stereocenters. The second-order valence-corrected chi connectivity index (χ2v) is 6.64. The number of benzene rings is 1. The van der Waals surface area contributed by atoms with Crippen molar-refractivity contribution in [1.82, 2.24) is 15.4 Å². The van der Waals surface area contributed by atoms with Gasteiger partial charge in [0.1, 0.15) is 5.01 Å². The van der Waals surface area contributed by atoms with Gasteiger partial charge in [-0.1, -0.05) is 29.3 Å². The van der Waals surface area contributed by atoms with Crippen molar-refractivity contribution in [2.75, 3.05) is 26.3 Å². The Morgan fingerprint density at radius 3 is 2.86 bits per heavy atom. The van der Waals surface area contributed by atoms with E-state index >= 15 is 0 Å². The smallest absolute Gasteiger partial charge is 0.108 e. The van der Waals surface area contributed by atoms with Gasteiger partial charge in [-0.15, -0.1) is 11.3 Å². The van der Waals surface area contributed by atoms with E-state index < -0.39 is 0 Å². The minimum atomic E-state index is 0.641. The zero-order valence-electron chi connectivity index (χ0n) is 11.3. The monoisotopic (exact) mass is 343 g/mol. The molecule has 0 saturated carbocycles. The van der Waals surface area contributed by atoms with Crippen LogP contribution < -0.4 is 5.43 Å². The van der Waals surface area contributed by atoms with Gasteiger partial charge in [0.15, 0.2) is 0 Å². The Bertz CT molecular complexity index is 614. The number of hydrogen-bond acceptors (Lipinski definition) is 5. The number of rotatable bonds is 4. The van der Waals surface area contributed by atoms with Crippen LogP contribution in [0.4, 0.5) is 0 Å². The molecule has 0 bridgehead atoms. The lowest BCUT2D eigenvalue weighted by atomic mass is 10.2. The third kappa shape index (κ3) is 3.94. The number of hydrazine groups is 1. The van der Waals surface area contributed by atoms with E-state index in [2.05, 4.69) is 15.4 Å². The van der Waals surface area contributed by atoms with Crippen molar-refractivity contribution in [3.8, 4) is 10.4 Å². The average molecular weight is 344 g/mol. The fourth-order valence-corrected chi connectivity index (χ4v) is 3.56. The Morgan fingerprint density at radius 1 is 1.29 bits per heavy atom. The van der Waals surface area contributed by atoms with Gasteiger partial charge >= 0.3 is 0 Å². The first kappa shape index (κ1) is 15.2. The van der Waals surface area contributed by atoms with Gasteiger partial charge in [0.2, 0.25) is 0 Å². The van der Waals surface area contributed by atoms with Gasteiger partial charge in [-0.3, -0.25) is 0 Å². The Labute approximate surface area is 137 Å². The van der Waals surface area contributed by atoms with Crippen molar-refractivity contribution >= 4 is 34.5 Å². The Hall–Kier alpha value is -0.690. The Morgan fingerprint density at radius 2 is 2.10 bits per heavy atom. The summed E-state index contributed by atoms with van der Waals surface area (Å²) in [5.41, 5.74) is 4.34. The number of ether oxygens (including phenoxy) is 1. The Balaban J connectivity index is 1.65. The van der Waals surface area contributed by atoms with Gasteiger partial charge in [0, 0.05) is 29.9 Å². The first-order valence-corrected chi connectivity index (χ1v) is 8.26. The Kier molecular flexibility index (Phi) is 5.11. The van der Waals surface area contributed by atoms with E-state index in [0.29, 0.717) is 10.0 Å². The zero-order valence-corrected chi connectivity index (χ0v) is 13.6. The highest BCUT2D eigenvalue weighted by atomic mass is 35.5. The molecule has 1 aliphatic rings. The number of aromatic nitrogens is 1. The van der Waals surface area contributed by atoms with Gasteiger partial charge in [-0.05, 0) is 12.1 Å². The van der Waals surface area contributed by atoms with E-state index in [9.17, 15) is 0 Å². The summed E-state index contributed by atoms with van der Waals surface area (Å²) in [6.45, 7) is 4.07. The minimum absolute atomic E-state index is 0.641. The van der Waals surface area contributed by atoms with Crippen molar-refractivity contribution in [3.05, 3.63) is 39.4 Å². The first-order chi connectivity index (χ1) is 10.2. The molecule has 1 N–H and O–H groups in total. The van der Waals surface area contributed by atoms with Crippen molar-refractivity contribution in [3.63, 3.8) is 0 Å². The van der Waals surface area contributed by atoms with Crippen LogP contribution in [0.25, 0.3) is 10.4 Å². The molecule has 0 unspecified atom stereocenters. The van der Waals surface area contributed by atoms with E-state index in [1.54, 1.807) is 17.4 Å². The standard InChI is InChI=1S/C14H15Cl2N3OS/c15-10-1-2-11(12(16)7-10)13-8-17-14(21-13)9-18-19-3-5-20-6-4-19/h1-2,7-8,18H,3-6,9H2. The van der Waals surface area contributed by atoms with Crippen LogP contribution in [0.5, 0.6) is 0 Å². The topological polar surface area (TPSA) is 37.4 Å². The zero-order chi connectivity index (χ0) is 14.7. The van der Waals surface area contributed by atoms with Gasteiger partial charge < -0.3 is 4.74 Å². The lowest BCUT2D eigenvalue weighted by Crippen LogP contribution is -2.45. The van der Waals surface area contributed by atoms with Crippen LogP contribution in [0.15, 0.2) is 24.4 Å². The summed E-state index contributed by atoms with van der Waals surface area (Å²) in [7, 11) is 0. The lowest BCUT2D eigenvalue weighted by Gasteiger charge is -2.26. The van der Waals surface area contributed by atoms with Gasteiger partial charge in [0.25, 0.3) is 0 Å². The summed E-state index contributed by atoms with van der Waals surface area (Å²) < 4.78 is 5.32. The van der Waals surface area contributed by atoms with Crippen molar-refractivity contribution in [2.24, 2.45) is 0 Å². The molecular formula is C14H15Cl2N3OS. The second-order valence-electron chi connectivity index (χ2n) is 4.68. The minimum Gasteiger partial charge on any atom is -0.379 e. The van der Waals surface area contributed by atoms with E-state index in [0.717, 1.165) is 48.3 Å². The van der Waals surface area contributed by atoms with Crippen LogP contribution >= 0.6 is 34.5 Å². The molecule has 3 rings (SSSR count). The van der Waals surface area contributed by atoms with Crippen molar-refractivity contribution in [1.29, 1.82) is 0 Å². The number of nitrogens with one attached hydrogen (secondary N) is 1. The van der Waals surface area contributed by atoms with Gasteiger partial charge in [-0.2, -0.15) is 0 Å². The molecule has 2 heterocycles. The quantitative estimate of drug-likeness (QED) is 0.922. The van der Waals surface area contributed by atoms with Crippen LogP contribution in [0.3, 0.4) is 0 Å². The molecule has 0 radical (unpaired) electrons. The molecule has 1 saturated heterocycles. The number of thiazole rings is 1. The normalized spacial score (nSPS) is 16.3. The average Bonchev–Trinajstić information content (AvgIpc) is 2.95. The summed E-state index contributed by atoms with van der Waals surface area (Å²) in [6, 6.07) is 5.52. The van der Waals surface area contributed by atoms with Crippen LogP contribution in [0.2, 0.25) is 10.0 Å². The summed E-state index contributed by atoms with van der Waals surface area (Å²) in [4.78, 5) is 5.50. The van der Waals surface area contributed by atoms with Crippen molar-refractivity contribution in [2.45, 2.75) is 6.54 Å². The predicted octanol–water partition coefficient (Wildman–Crippen LogP) is 3.45. The molecule has 2 aromatic rings. The van der Waals surface area contributed by atoms with E-state index in [1.807, 2.05) is 18.3 Å². The summed E-state index contributed by atoms with van der Waals surface area (Å²) in [5, 5.41) is 4.49. The van der Waals surface area contributed by atoms with Crippen LogP contribution in [0.1, 0.15) is 5.01 Å². The maximum Gasteiger partial charge on any atom is 0.108 e. The molecule has 0 spiro atoms. The number of halogens is 2. The molecular weight excluding hydrogens is 329 g/mol. The van der Waals surface area contributed by atoms with E-state index in [4.69, 9.17) is 27.9 Å². The van der Waals surface area contributed by atoms with E-state index in [1.165, 1.54) is 0 Å². The van der Waals surface area contributed by atoms with Crippen LogP contribution in [0, 0.1) is 0 Å². The second kappa shape index (κ2) is 7.05. The number of morpholine rings is 1. The summed E-state index contributed by atoms with van der Waals surface area (Å²) in [6.07, 6.45) is 1.86. The maximum atomic E-state index is 6.23. The predicted molar refractivity (Wildman–Crippen MR) is 86.8 cm³/mol.